The maximum atomic E-state index is 13.4. The molecule has 0 bridgehead atoms. The first-order valence-electron chi connectivity index (χ1n) is 5.06. The van der Waals surface area contributed by atoms with Crippen LogP contribution >= 0.6 is 0 Å². The van der Waals surface area contributed by atoms with Crippen molar-refractivity contribution in [3.63, 3.8) is 0 Å². The summed E-state index contributed by atoms with van der Waals surface area (Å²) in [5.41, 5.74) is 1.46. The van der Waals surface area contributed by atoms with E-state index in [4.69, 9.17) is 0 Å². The predicted molar refractivity (Wildman–Crippen MR) is 58.3 cm³/mol. The van der Waals surface area contributed by atoms with Gasteiger partial charge in [0.15, 0.2) is 0 Å². The van der Waals surface area contributed by atoms with Gasteiger partial charge >= 0.3 is 0 Å². The second kappa shape index (κ2) is 4.85. The Morgan fingerprint density at radius 1 is 1.38 bits per heavy atom. The molecule has 0 spiro atoms. The van der Waals surface area contributed by atoms with Crippen LogP contribution in [0.15, 0.2) is 30.5 Å². The minimum absolute atomic E-state index is 0.215. The molecule has 84 valence electrons. The normalized spacial score (nSPS) is 10.6. The summed E-state index contributed by atoms with van der Waals surface area (Å²) in [6.07, 6.45) is 1.81. The molecule has 2 aromatic rings. The van der Waals surface area contributed by atoms with Gasteiger partial charge in [-0.2, -0.15) is 0 Å². The average Bonchev–Trinajstić information content (AvgIpc) is 2.70. The lowest BCUT2D eigenvalue weighted by Crippen LogP contribution is -2.05. The SMILES string of the molecule is CNCc1cn(Cc2ccccc2F)nn1. The number of rotatable bonds is 4. The summed E-state index contributed by atoms with van der Waals surface area (Å²) in [7, 11) is 1.84. The Labute approximate surface area is 93.1 Å². The summed E-state index contributed by atoms with van der Waals surface area (Å²) in [5.74, 6) is -0.215. The Morgan fingerprint density at radius 3 is 2.94 bits per heavy atom. The van der Waals surface area contributed by atoms with Gasteiger partial charge in [0, 0.05) is 12.1 Å². The number of nitrogens with one attached hydrogen (secondary N) is 1. The maximum Gasteiger partial charge on any atom is 0.128 e. The fourth-order valence-electron chi connectivity index (χ4n) is 1.48. The fraction of sp³-hybridized carbons (Fsp3) is 0.273. The van der Waals surface area contributed by atoms with Crippen LogP contribution in [-0.4, -0.2) is 22.0 Å². The topological polar surface area (TPSA) is 42.7 Å². The zero-order valence-electron chi connectivity index (χ0n) is 9.02. The van der Waals surface area contributed by atoms with E-state index in [1.54, 1.807) is 16.8 Å². The lowest BCUT2D eigenvalue weighted by atomic mass is 10.2. The van der Waals surface area contributed by atoms with Crippen molar-refractivity contribution in [1.29, 1.82) is 0 Å². The van der Waals surface area contributed by atoms with Crippen molar-refractivity contribution in [2.24, 2.45) is 0 Å². The number of hydrogen-bond donors (Lipinski definition) is 1. The lowest BCUT2D eigenvalue weighted by Gasteiger charge is -2.01. The second-order valence-electron chi connectivity index (χ2n) is 3.53. The molecule has 1 N–H and O–H groups in total. The van der Waals surface area contributed by atoms with E-state index in [9.17, 15) is 4.39 Å². The van der Waals surface area contributed by atoms with Gasteiger partial charge in [0.05, 0.1) is 18.4 Å². The molecule has 0 saturated carbocycles. The Balaban J connectivity index is 2.11. The first kappa shape index (κ1) is 10.8. The van der Waals surface area contributed by atoms with Gasteiger partial charge in [-0.25, -0.2) is 9.07 Å². The molecule has 0 unspecified atom stereocenters. The van der Waals surface area contributed by atoms with E-state index in [0.29, 0.717) is 18.7 Å². The number of benzene rings is 1. The van der Waals surface area contributed by atoms with Crippen LogP contribution in [0, 0.1) is 5.82 Å². The standard InChI is InChI=1S/C11H13FN4/c1-13-6-10-8-16(15-14-10)7-9-4-2-3-5-11(9)12/h2-5,8,13H,6-7H2,1H3. The highest BCUT2D eigenvalue weighted by Gasteiger charge is 2.04. The smallest absolute Gasteiger partial charge is 0.128 e. The molecule has 0 atom stereocenters. The van der Waals surface area contributed by atoms with Gasteiger partial charge in [-0.1, -0.05) is 23.4 Å². The number of aromatic nitrogens is 3. The van der Waals surface area contributed by atoms with E-state index in [2.05, 4.69) is 15.6 Å². The highest BCUT2D eigenvalue weighted by molar-refractivity contribution is 5.17. The molecule has 1 heterocycles. The van der Waals surface area contributed by atoms with Crippen molar-refractivity contribution in [3.8, 4) is 0 Å². The third kappa shape index (κ3) is 2.43. The summed E-state index contributed by atoms with van der Waals surface area (Å²) < 4.78 is 15.0. The van der Waals surface area contributed by atoms with Crippen LogP contribution in [0.3, 0.4) is 0 Å². The zero-order chi connectivity index (χ0) is 11.4. The van der Waals surface area contributed by atoms with Gasteiger partial charge < -0.3 is 5.32 Å². The van der Waals surface area contributed by atoms with Gasteiger partial charge in [0.2, 0.25) is 0 Å². The van der Waals surface area contributed by atoms with Crippen LogP contribution in [0.2, 0.25) is 0 Å². The molecule has 16 heavy (non-hydrogen) atoms. The van der Waals surface area contributed by atoms with Crippen molar-refractivity contribution in [3.05, 3.63) is 47.5 Å². The van der Waals surface area contributed by atoms with E-state index < -0.39 is 0 Å². The molecule has 0 radical (unpaired) electrons. The molecule has 0 aliphatic heterocycles. The summed E-state index contributed by atoms with van der Waals surface area (Å²) in [5, 5.41) is 10.9. The molecule has 0 saturated heterocycles. The molecule has 0 aliphatic carbocycles. The number of nitrogens with zero attached hydrogens (tertiary/aromatic N) is 3. The van der Waals surface area contributed by atoms with E-state index >= 15 is 0 Å². The first-order valence-corrected chi connectivity index (χ1v) is 5.06. The predicted octanol–water partition coefficient (Wildman–Crippen LogP) is 1.18. The Morgan fingerprint density at radius 2 is 2.19 bits per heavy atom. The molecule has 1 aromatic carbocycles. The fourth-order valence-corrected chi connectivity index (χ4v) is 1.48. The van der Waals surface area contributed by atoms with Crippen molar-refractivity contribution in [2.45, 2.75) is 13.1 Å². The van der Waals surface area contributed by atoms with Crippen LogP contribution in [0.5, 0.6) is 0 Å². The number of halogens is 1. The van der Waals surface area contributed by atoms with Crippen LogP contribution in [-0.2, 0) is 13.1 Å². The van der Waals surface area contributed by atoms with Gasteiger partial charge in [-0.15, -0.1) is 5.10 Å². The van der Waals surface area contributed by atoms with E-state index in [1.807, 2.05) is 19.3 Å². The van der Waals surface area contributed by atoms with E-state index in [1.165, 1.54) is 6.07 Å². The van der Waals surface area contributed by atoms with E-state index in [0.717, 1.165) is 5.69 Å². The third-order valence-electron chi connectivity index (χ3n) is 2.23. The monoisotopic (exact) mass is 220 g/mol. The van der Waals surface area contributed by atoms with Crippen LogP contribution in [0.1, 0.15) is 11.3 Å². The van der Waals surface area contributed by atoms with Crippen molar-refractivity contribution in [2.75, 3.05) is 7.05 Å². The Bertz CT molecular complexity index is 467. The molecule has 5 heteroatoms. The largest absolute Gasteiger partial charge is 0.314 e. The summed E-state index contributed by atoms with van der Waals surface area (Å²) in [6.45, 7) is 1.07. The number of hydrogen-bond acceptors (Lipinski definition) is 3. The Hall–Kier alpha value is -1.75. The van der Waals surface area contributed by atoms with Gasteiger partial charge in [0.1, 0.15) is 5.82 Å². The van der Waals surface area contributed by atoms with Crippen LogP contribution < -0.4 is 5.32 Å². The van der Waals surface area contributed by atoms with Crippen LogP contribution in [0.4, 0.5) is 4.39 Å². The molecule has 2 rings (SSSR count). The Kier molecular flexibility index (Phi) is 3.26. The minimum atomic E-state index is -0.215. The van der Waals surface area contributed by atoms with E-state index in [-0.39, 0.29) is 5.82 Å². The van der Waals surface area contributed by atoms with Gasteiger partial charge in [-0.05, 0) is 13.1 Å². The van der Waals surface area contributed by atoms with Gasteiger partial charge in [-0.3, -0.25) is 0 Å². The van der Waals surface area contributed by atoms with Crippen molar-refractivity contribution in [1.82, 2.24) is 20.3 Å². The lowest BCUT2D eigenvalue weighted by molar-refractivity contribution is 0.577. The summed E-state index contributed by atoms with van der Waals surface area (Å²) in [6, 6.07) is 6.67. The molecule has 1 aromatic heterocycles. The maximum absolute atomic E-state index is 13.4. The average molecular weight is 220 g/mol. The molecule has 0 fully saturated rings. The highest BCUT2D eigenvalue weighted by atomic mass is 19.1. The molecular weight excluding hydrogens is 207 g/mol. The van der Waals surface area contributed by atoms with Crippen molar-refractivity contribution < 1.29 is 4.39 Å². The van der Waals surface area contributed by atoms with Gasteiger partial charge in [0.25, 0.3) is 0 Å². The molecule has 0 aliphatic rings. The summed E-state index contributed by atoms with van der Waals surface area (Å²) in [4.78, 5) is 0. The molecule has 0 amide bonds. The second-order valence-corrected chi connectivity index (χ2v) is 3.53. The molecule has 4 nitrogen and oxygen atoms in total. The first-order chi connectivity index (χ1) is 7.79. The highest BCUT2D eigenvalue weighted by Crippen LogP contribution is 2.07. The molecular formula is C11H13FN4. The van der Waals surface area contributed by atoms with Crippen LogP contribution in [0.25, 0.3) is 0 Å². The third-order valence-corrected chi connectivity index (χ3v) is 2.23. The quantitative estimate of drug-likeness (QED) is 0.841. The minimum Gasteiger partial charge on any atom is -0.314 e. The summed E-state index contributed by atoms with van der Waals surface area (Å²) >= 11 is 0. The van der Waals surface area contributed by atoms with Crippen molar-refractivity contribution >= 4 is 0 Å². The zero-order valence-corrected chi connectivity index (χ0v) is 9.02.